The Kier molecular flexibility index (Phi) is 3.72. The van der Waals surface area contributed by atoms with Gasteiger partial charge in [0, 0.05) is 19.6 Å². The Bertz CT molecular complexity index is 285. The Balaban J connectivity index is 1.93. The molecule has 2 rings (SSSR count). The zero-order valence-electron chi connectivity index (χ0n) is 8.93. The summed E-state index contributed by atoms with van der Waals surface area (Å²) in [6.45, 7) is 4.35. The maximum Gasteiger partial charge on any atom is 0.0645 e. The molecule has 0 bridgehead atoms. The highest BCUT2D eigenvalue weighted by atomic mass is 16.5. The van der Waals surface area contributed by atoms with E-state index in [0.717, 1.165) is 26.3 Å². The highest BCUT2D eigenvalue weighted by Crippen LogP contribution is 2.13. The van der Waals surface area contributed by atoms with Gasteiger partial charge in [0.05, 0.1) is 19.3 Å². The van der Waals surface area contributed by atoms with Crippen molar-refractivity contribution in [3.63, 3.8) is 0 Å². The predicted octanol–water partition coefficient (Wildman–Crippen LogP) is 0.846. The van der Waals surface area contributed by atoms with Crippen molar-refractivity contribution in [3.8, 4) is 0 Å². The van der Waals surface area contributed by atoms with Crippen molar-refractivity contribution in [2.24, 2.45) is 5.73 Å². The molecular weight excluding hydrogens is 188 g/mol. The van der Waals surface area contributed by atoms with E-state index >= 15 is 0 Å². The molecule has 3 heteroatoms. The maximum absolute atomic E-state index is 5.62. The highest BCUT2D eigenvalue weighted by Gasteiger charge is 2.25. The van der Waals surface area contributed by atoms with Crippen LogP contribution >= 0.6 is 0 Å². The third kappa shape index (κ3) is 2.78. The second-order valence-electron chi connectivity index (χ2n) is 3.94. The number of nitrogens with two attached hydrogens (primary N) is 1. The van der Waals surface area contributed by atoms with Crippen molar-refractivity contribution in [2.75, 3.05) is 26.3 Å². The van der Waals surface area contributed by atoms with Crippen LogP contribution in [0.5, 0.6) is 0 Å². The van der Waals surface area contributed by atoms with Crippen LogP contribution in [0, 0.1) is 0 Å². The van der Waals surface area contributed by atoms with Crippen molar-refractivity contribution in [2.45, 2.75) is 12.6 Å². The second-order valence-corrected chi connectivity index (χ2v) is 3.94. The van der Waals surface area contributed by atoms with E-state index in [1.165, 1.54) is 5.56 Å². The third-order valence-corrected chi connectivity index (χ3v) is 2.78. The van der Waals surface area contributed by atoms with E-state index in [2.05, 4.69) is 29.2 Å². The van der Waals surface area contributed by atoms with E-state index < -0.39 is 0 Å². The lowest BCUT2D eigenvalue weighted by molar-refractivity contribution is -0.0669. The molecule has 1 saturated heterocycles. The Hall–Kier alpha value is -0.900. The molecule has 3 nitrogen and oxygen atoms in total. The standard InChI is InChI=1S/C12H18N2O/c13-6-7-14(12-9-15-10-12)8-11-4-2-1-3-5-11/h1-5,12H,6-10,13H2. The molecule has 15 heavy (non-hydrogen) atoms. The van der Waals surface area contributed by atoms with Crippen LogP contribution in [0.3, 0.4) is 0 Å². The molecular formula is C12H18N2O. The van der Waals surface area contributed by atoms with Crippen LogP contribution in [0.15, 0.2) is 30.3 Å². The zero-order valence-corrected chi connectivity index (χ0v) is 8.93. The molecule has 0 amide bonds. The van der Waals surface area contributed by atoms with Gasteiger partial charge in [0.1, 0.15) is 0 Å². The van der Waals surface area contributed by atoms with E-state index in [4.69, 9.17) is 10.5 Å². The summed E-state index contributed by atoms with van der Waals surface area (Å²) < 4.78 is 5.22. The van der Waals surface area contributed by atoms with Crippen LogP contribution in [0.25, 0.3) is 0 Å². The van der Waals surface area contributed by atoms with Crippen molar-refractivity contribution < 1.29 is 4.74 Å². The van der Waals surface area contributed by atoms with Gasteiger partial charge in [0.15, 0.2) is 0 Å². The molecule has 1 aliphatic rings. The number of benzene rings is 1. The fourth-order valence-electron chi connectivity index (χ4n) is 1.81. The first-order valence-corrected chi connectivity index (χ1v) is 5.46. The van der Waals surface area contributed by atoms with Gasteiger partial charge >= 0.3 is 0 Å². The largest absolute Gasteiger partial charge is 0.378 e. The van der Waals surface area contributed by atoms with Gasteiger partial charge < -0.3 is 10.5 Å². The van der Waals surface area contributed by atoms with Crippen molar-refractivity contribution in [3.05, 3.63) is 35.9 Å². The maximum atomic E-state index is 5.62. The minimum absolute atomic E-state index is 0.564. The van der Waals surface area contributed by atoms with Gasteiger partial charge in [0.25, 0.3) is 0 Å². The summed E-state index contributed by atoms with van der Waals surface area (Å²) in [5.41, 5.74) is 6.96. The van der Waals surface area contributed by atoms with Crippen molar-refractivity contribution >= 4 is 0 Å². The van der Waals surface area contributed by atoms with E-state index in [-0.39, 0.29) is 0 Å². The first-order valence-electron chi connectivity index (χ1n) is 5.46. The van der Waals surface area contributed by atoms with Crippen LogP contribution in [-0.2, 0) is 11.3 Å². The summed E-state index contributed by atoms with van der Waals surface area (Å²) in [7, 11) is 0. The second kappa shape index (κ2) is 5.26. The summed E-state index contributed by atoms with van der Waals surface area (Å²) in [5.74, 6) is 0. The van der Waals surface area contributed by atoms with Crippen LogP contribution in [-0.4, -0.2) is 37.2 Å². The fraction of sp³-hybridized carbons (Fsp3) is 0.500. The quantitative estimate of drug-likeness (QED) is 0.776. The molecule has 82 valence electrons. The van der Waals surface area contributed by atoms with Gasteiger partial charge in [-0.05, 0) is 5.56 Å². The molecule has 0 unspecified atom stereocenters. The van der Waals surface area contributed by atoms with E-state index in [1.54, 1.807) is 0 Å². The lowest BCUT2D eigenvalue weighted by atomic mass is 10.1. The predicted molar refractivity (Wildman–Crippen MR) is 60.5 cm³/mol. The lowest BCUT2D eigenvalue weighted by Crippen LogP contribution is -2.50. The number of rotatable bonds is 5. The first-order chi connectivity index (χ1) is 7.40. The van der Waals surface area contributed by atoms with Gasteiger partial charge in [-0.2, -0.15) is 0 Å². The molecule has 0 saturated carbocycles. The summed E-state index contributed by atoms with van der Waals surface area (Å²) >= 11 is 0. The Morgan fingerprint density at radius 3 is 2.53 bits per heavy atom. The van der Waals surface area contributed by atoms with Gasteiger partial charge in [0.2, 0.25) is 0 Å². The monoisotopic (exact) mass is 206 g/mol. The van der Waals surface area contributed by atoms with Gasteiger partial charge in [-0.15, -0.1) is 0 Å². The molecule has 1 aromatic carbocycles. The fourth-order valence-corrected chi connectivity index (χ4v) is 1.81. The molecule has 0 spiro atoms. The highest BCUT2D eigenvalue weighted by molar-refractivity contribution is 5.14. The van der Waals surface area contributed by atoms with Crippen LogP contribution in [0.2, 0.25) is 0 Å². The summed E-state index contributed by atoms with van der Waals surface area (Å²) in [5, 5.41) is 0. The third-order valence-electron chi connectivity index (χ3n) is 2.78. The Morgan fingerprint density at radius 1 is 1.27 bits per heavy atom. The van der Waals surface area contributed by atoms with Crippen molar-refractivity contribution in [1.82, 2.24) is 4.90 Å². The molecule has 0 aromatic heterocycles. The SMILES string of the molecule is NCCN(Cc1ccccc1)C1COC1. The average molecular weight is 206 g/mol. The Labute approximate surface area is 90.8 Å². The molecule has 0 radical (unpaired) electrons. The zero-order chi connectivity index (χ0) is 10.5. The molecule has 2 N–H and O–H groups in total. The minimum atomic E-state index is 0.564. The molecule has 1 fully saturated rings. The van der Waals surface area contributed by atoms with Gasteiger partial charge in [-0.3, -0.25) is 4.90 Å². The summed E-state index contributed by atoms with van der Waals surface area (Å²) in [6, 6.07) is 11.1. The van der Waals surface area contributed by atoms with E-state index in [1.807, 2.05) is 6.07 Å². The topological polar surface area (TPSA) is 38.5 Å². The first kappa shape index (κ1) is 10.6. The average Bonchev–Trinajstić information content (AvgIpc) is 2.17. The lowest BCUT2D eigenvalue weighted by Gasteiger charge is -2.37. The number of hydrogen-bond donors (Lipinski definition) is 1. The number of hydrogen-bond acceptors (Lipinski definition) is 3. The van der Waals surface area contributed by atoms with E-state index in [9.17, 15) is 0 Å². The van der Waals surface area contributed by atoms with E-state index in [0.29, 0.717) is 12.6 Å². The van der Waals surface area contributed by atoms with Crippen molar-refractivity contribution in [1.29, 1.82) is 0 Å². The van der Waals surface area contributed by atoms with Gasteiger partial charge in [-0.25, -0.2) is 0 Å². The summed E-state index contributed by atoms with van der Waals surface area (Å²) in [6.07, 6.45) is 0. The molecule has 1 aromatic rings. The molecule has 0 atom stereocenters. The summed E-state index contributed by atoms with van der Waals surface area (Å²) in [4.78, 5) is 2.40. The van der Waals surface area contributed by atoms with Crippen LogP contribution in [0.4, 0.5) is 0 Å². The number of ether oxygens (including phenoxy) is 1. The molecule has 1 heterocycles. The molecule has 1 aliphatic heterocycles. The normalized spacial score (nSPS) is 16.7. The minimum Gasteiger partial charge on any atom is -0.378 e. The number of nitrogens with zero attached hydrogens (tertiary/aromatic N) is 1. The Morgan fingerprint density at radius 2 is 2.00 bits per heavy atom. The molecule has 0 aliphatic carbocycles. The van der Waals surface area contributed by atoms with Crippen LogP contribution in [0.1, 0.15) is 5.56 Å². The smallest absolute Gasteiger partial charge is 0.0645 e. The van der Waals surface area contributed by atoms with Gasteiger partial charge in [-0.1, -0.05) is 30.3 Å². The van der Waals surface area contributed by atoms with Crippen LogP contribution < -0.4 is 5.73 Å².